The molecule has 0 bridgehead atoms. The third-order valence-electron chi connectivity index (χ3n) is 5.81. The van der Waals surface area contributed by atoms with Crippen molar-refractivity contribution in [2.45, 2.75) is 44.3 Å². The number of carbonyl (C=O) groups excluding carboxylic acids is 2. The molecule has 0 spiro atoms. The van der Waals surface area contributed by atoms with Gasteiger partial charge in [0.25, 0.3) is 0 Å². The van der Waals surface area contributed by atoms with E-state index in [1.54, 1.807) is 11.0 Å². The maximum Gasteiger partial charge on any atom is 0.416 e. The summed E-state index contributed by atoms with van der Waals surface area (Å²) in [6, 6.07) is 4.28. The topological polar surface area (TPSA) is 75.4 Å². The van der Waals surface area contributed by atoms with E-state index >= 15 is 0 Å². The summed E-state index contributed by atoms with van der Waals surface area (Å²) in [6.45, 7) is 1.14. The molecule has 2 aliphatic rings. The predicted molar refractivity (Wildman–Crippen MR) is 105 cm³/mol. The smallest absolute Gasteiger partial charge is 0.347 e. The monoisotopic (exact) mass is 433 g/mol. The summed E-state index contributed by atoms with van der Waals surface area (Å²) in [5.41, 5.74) is 5.35. The molecule has 1 aliphatic heterocycles. The first-order valence-corrected chi connectivity index (χ1v) is 9.75. The minimum atomic E-state index is -4.47. The van der Waals surface area contributed by atoms with Gasteiger partial charge in [-0.1, -0.05) is 18.6 Å². The van der Waals surface area contributed by atoms with Gasteiger partial charge in [0.2, 0.25) is 11.8 Å². The highest BCUT2D eigenvalue weighted by Gasteiger charge is 2.35. The number of nitrogens with zero attached hydrogens (tertiary/aromatic N) is 1. The third-order valence-corrected chi connectivity index (χ3v) is 5.81. The lowest BCUT2D eigenvalue weighted by Crippen LogP contribution is -2.42. The summed E-state index contributed by atoms with van der Waals surface area (Å²) in [4.78, 5) is 26.5. The van der Waals surface area contributed by atoms with E-state index in [1.807, 2.05) is 0 Å². The van der Waals surface area contributed by atoms with Crippen molar-refractivity contribution < 1.29 is 22.8 Å². The average molecular weight is 434 g/mol. The Kier molecular flexibility index (Phi) is 7.94. The molecule has 5 nitrogen and oxygen atoms in total. The lowest BCUT2D eigenvalue weighted by Gasteiger charge is -2.28. The molecule has 162 valence electrons. The summed E-state index contributed by atoms with van der Waals surface area (Å²) in [5.74, 6) is -0.364. The standard InChI is InChI=1S/C20H26F3N3O2.ClH/c21-20(22,23)15-6-1-4-13(10-15)17(12-26-9-3-8-18(26)27)25-19(28)16-7-2-5-14(16)11-24;/h1,4,6,10,14,16-17H,2-3,5,7-9,11-12,24H2,(H,25,28);1H/t14-,16-,17?;/m1./s1. The van der Waals surface area contributed by atoms with Crippen LogP contribution in [0.1, 0.15) is 49.3 Å². The molecule has 0 radical (unpaired) electrons. The van der Waals surface area contributed by atoms with E-state index in [1.165, 1.54) is 6.07 Å². The zero-order valence-electron chi connectivity index (χ0n) is 16.1. The summed E-state index contributed by atoms with van der Waals surface area (Å²) >= 11 is 0. The minimum Gasteiger partial charge on any atom is -0.347 e. The van der Waals surface area contributed by atoms with Gasteiger partial charge in [-0.3, -0.25) is 9.59 Å². The number of likely N-dealkylation sites (tertiary alicyclic amines) is 1. The van der Waals surface area contributed by atoms with Crippen LogP contribution in [-0.2, 0) is 15.8 Å². The van der Waals surface area contributed by atoms with Crippen LogP contribution in [-0.4, -0.2) is 36.3 Å². The van der Waals surface area contributed by atoms with E-state index in [0.29, 0.717) is 25.1 Å². The number of nitrogens with two attached hydrogens (primary N) is 1. The van der Waals surface area contributed by atoms with Crippen LogP contribution >= 0.6 is 12.4 Å². The lowest BCUT2D eigenvalue weighted by molar-refractivity contribution is -0.137. The van der Waals surface area contributed by atoms with E-state index in [0.717, 1.165) is 37.8 Å². The fourth-order valence-electron chi connectivity index (χ4n) is 4.23. The highest BCUT2D eigenvalue weighted by atomic mass is 35.5. The molecule has 1 saturated carbocycles. The van der Waals surface area contributed by atoms with Crippen molar-refractivity contribution in [3.63, 3.8) is 0 Å². The Balaban J connectivity index is 0.00000300. The predicted octanol–water partition coefficient (Wildman–Crippen LogP) is 3.28. The van der Waals surface area contributed by atoms with Crippen LogP contribution in [0.25, 0.3) is 0 Å². The summed E-state index contributed by atoms with van der Waals surface area (Å²) < 4.78 is 39.4. The maximum absolute atomic E-state index is 13.1. The van der Waals surface area contributed by atoms with Gasteiger partial charge < -0.3 is 16.0 Å². The van der Waals surface area contributed by atoms with Gasteiger partial charge in [-0.25, -0.2) is 0 Å². The zero-order valence-corrected chi connectivity index (χ0v) is 16.9. The number of hydrogen-bond acceptors (Lipinski definition) is 3. The van der Waals surface area contributed by atoms with E-state index in [2.05, 4.69) is 5.32 Å². The molecule has 2 amide bonds. The maximum atomic E-state index is 13.1. The fraction of sp³-hybridized carbons (Fsp3) is 0.600. The van der Waals surface area contributed by atoms with Crippen LogP contribution in [0.3, 0.4) is 0 Å². The molecular weight excluding hydrogens is 407 g/mol. The largest absolute Gasteiger partial charge is 0.416 e. The Morgan fingerprint density at radius 1 is 1.28 bits per heavy atom. The Hall–Kier alpha value is -1.80. The van der Waals surface area contributed by atoms with E-state index < -0.39 is 17.8 Å². The summed E-state index contributed by atoms with van der Waals surface area (Å²) in [6.07, 6.45) is -0.789. The van der Waals surface area contributed by atoms with Crippen LogP contribution in [0.15, 0.2) is 24.3 Å². The molecule has 1 heterocycles. The number of amides is 2. The molecule has 3 N–H and O–H groups in total. The first-order valence-electron chi connectivity index (χ1n) is 9.75. The number of rotatable bonds is 6. The third kappa shape index (κ3) is 5.63. The van der Waals surface area contributed by atoms with Gasteiger partial charge in [0.15, 0.2) is 0 Å². The molecule has 0 aromatic heterocycles. The van der Waals surface area contributed by atoms with E-state index in [9.17, 15) is 22.8 Å². The number of halogens is 4. The molecule has 1 saturated heterocycles. The van der Waals surface area contributed by atoms with Gasteiger partial charge in [0.05, 0.1) is 11.6 Å². The number of carbonyl (C=O) groups is 2. The quantitative estimate of drug-likeness (QED) is 0.723. The van der Waals surface area contributed by atoms with Crippen molar-refractivity contribution in [3.05, 3.63) is 35.4 Å². The highest BCUT2D eigenvalue weighted by molar-refractivity contribution is 5.85. The molecule has 3 rings (SSSR count). The normalized spacial score (nSPS) is 23.0. The molecule has 29 heavy (non-hydrogen) atoms. The summed E-state index contributed by atoms with van der Waals surface area (Å²) in [5, 5.41) is 2.91. The van der Waals surface area contributed by atoms with Crippen LogP contribution in [0.4, 0.5) is 13.2 Å². The SMILES string of the molecule is Cl.NC[C@H]1CCC[C@H]1C(=O)NC(CN1CCCC1=O)c1cccc(C(F)(F)F)c1. The van der Waals surface area contributed by atoms with Crippen molar-refractivity contribution >= 4 is 24.2 Å². The Morgan fingerprint density at radius 2 is 2.03 bits per heavy atom. The minimum absolute atomic E-state index is 0. The van der Waals surface area contributed by atoms with Gasteiger partial charge in [-0.2, -0.15) is 13.2 Å². The van der Waals surface area contributed by atoms with E-state index in [4.69, 9.17) is 5.73 Å². The summed E-state index contributed by atoms with van der Waals surface area (Å²) in [7, 11) is 0. The van der Waals surface area contributed by atoms with Gasteiger partial charge in [-0.05, 0) is 49.4 Å². The lowest BCUT2D eigenvalue weighted by atomic mass is 9.94. The molecule has 1 unspecified atom stereocenters. The van der Waals surface area contributed by atoms with Crippen LogP contribution < -0.4 is 11.1 Å². The zero-order chi connectivity index (χ0) is 20.3. The van der Waals surface area contributed by atoms with Crippen molar-refractivity contribution in [2.75, 3.05) is 19.6 Å². The second kappa shape index (κ2) is 9.80. The number of alkyl halides is 3. The van der Waals surface area contributed by atoms with Gasteiger partial charge >= 0.3 is 6.18 Å². The van der Waals surface area contributed by atoms with Crippen molar-refractivity contribution in [1.82, 2.24) is 10.2 Å². The van der Waals surface area contributed by atoms with Crippen molar-refractivity contribution in [2.24, 2.45) is 17.6 Å². The molecule has 1 aliphatic carbocycles. The Labute approximate surface area is 174 Å². The number of nitrogens with one attached hydrogen (secondary N) is 1. The molecule has 1 aromatic carbocycles. The average Bonchev–Trinajstić information content (AvgIpc) is 3.29. The molecule has 3 atom stereocenters. The molecule has 9 heteroatoms. The molecule has 2 fully saturated rings. The van der Waals surface area contributed by atoms with Crippen LogP contribution in [0.2, 0.25) is 0 Å². The van der Waals surface area contributed by atoms with Crippen molar-refractivity contribution in [3.8, 4) is 0 Å². The van der Waals surface area contributed by atoms with Crippen LogP contribution in [0.5, 0.6) is 0 Å². The van der Waals surface area contributed by atoms with Gasteiger partial charge in [-0.15, -0.1) is 12.4 Å². The first kappa shape index (κ1) is 23.5. The molecule has 1 aromatic rings. The van der Waals surface area contributed by atoms with E-state index in [-0.39, 0.29) is 42.6 Å². The van der Waals surface area contributed by atoms with Crippen molar-refractivity contribution in [1.29, 1.82) is 0 Å². The fourth-order valence-corrected chi connectivity index (χ4v) is 4.23. The second-order valence-corrected chi connectivity index (χ2v) is 7.66. The Morgan fingerprint density at radius 3 is 2.66 bits per heavy atom. The van der Waals surface area contributed by atoms with Gasteiger partial charge in [0, 0.05) is 25.4 Å². The second-order valence-electron chi connectivity index (χ2n) is 7.66. The van der Waals surface area contributed by atoms with Gasteiger partial charge in [0.1, 0.15) is 0 Å². The first-order chi connectivity index (χ1) is 13.3. The molecular formula is C20H27ClF3N3O2. The number of hydrogen-bond donors (Lipinski definition) is 2. The number of benzene rings is 1. The van der Waals surface area contributed by atoms with Crippen LogP contribution in [0, 0.1) is 11.8 Å². The Bertz CT molecular complexity index is 729. The highest BCUT2D eigenvalue weighted by Crippen LogP contribution is 2.33.